The Morgan fingerprint density at radius 2 is 1.86 bits per heavy atom. The standard InChI is InChI=1S/C18H25NO3/c1-3-18(4-2,12-17(21)22)19-16(20)11-13-8-9-14-6-5-7-15(14)10-13/h8-10H,3-7,11-12H2,1-2H3,(H,19,20)(H,21,22). The van der Waals surface area contributed by atoms with Crippen LogP contribution in [0.25, 0.3) is 0 Å². The summed E-state index contributed by atoms with van der Waals surface area (Å²) in [5, 5.41) is 12.0. The number of hydrogen-bond acceptors (Lipinski definition) is 2. The molecular formula is C18H25NO3. The molecule has 0 spiro atoms. The molecule has 0 unspecified atom stereocenters. The van der Waals surface area contributed by atoms with E-state index in [2.05, 4.69) is 17.4 Å². The highest BCUT2D eigenvalue weighted by atomic mass is 16.4. The minimum Gasteiger partial charge on any atom is -0.481 e. The highest BCUT2D eigenvalue weighted by molar-refractivity contribution is 5.80. The van der Waals surface area contributed by atoms with Crippen molar-refractivity contribution in [2.24, 2.45) is 0 Å². The number of fused-ring (bicyclic) bond motifs is 1. The Hall–Kier alpha value is -1.84. The number of carbonyl (C=O) groups is 2. The zero-order chi connectivity index (χ0) is 16.2. The second kappa shape index (κ2) is 6.95. The summed E-state index contributed by atoms with van der Waals surface area (Å²) < 4.78 is 0. The van der Waals surface area contributed by atoms with Gasteiger partial charge < -0.3 is 10.4 Å². The molecular weight excluding hydrogens is 278 g/mol. The predicted molar refractivity (Wildman–Crippen MR) is 85.9 cm³/mol. The van der Waals surface area contributed by atoms with Crippen LogP contribution >= 0.6 is 0 Å². The van der Waals surface area contributed by atoms with Crippen molar-refractivity contribution in [3.8, 4) is 0 Å². The van der Waals surface area contributed by atoms with E-state index in [-0.39, 0.29) is 12.3 Å². The van der Waals surface area contributed by atoms with Crippen molar-refractivity contribution in [2.45, 2.75) is 64.3 Å². The minimum absolute atomic E-state index is 0.0318. The van der Waals surface area contributed by atoms with Crippen LogP contribution in [0.3, 0.4) is 0 Å². The molecule has 1 aromatic carbocycles. The van der Waals surface area contributed by atoms with Gasteiger partial charge in [0, 0.05) is 5.54 Å². The lowest BCUT2D eigenvalue weighted by atomic mass is 9.88. The lowest BCUT2D eigenvalue weighted by molar-refractivity contribution is -0.139. The zero-order valence-corrected chi connectivity index (χ0v) is 13.4. The quantitative estimate of drug-likeness (QED) is 0.814. The third-order valence-electron chi connectivity index (χ3n) is 4.78. The van der Waals surface area contributed by atoms with E-state index in [9.17, 15) is 9.59 Å². The molecule has 1 aliphatic rings. The Balaban J connectivity index is 2.03. The molecule has 22 heavy (non-hydrogen) atoms. The van der Waals surface area contributed by atoms with Gasteiger partial charge in [0.1, 0.15) is 0 Å². The van der Waals surface area contributed by atoms with Gasteiger partial charge in [-0.15, -0.1) is 0 Å². The van der Waals surface area contributed by atoms with Gasteiger partial charge in [0.25, 0.3) is 0 Å². The van der Waals surface area contributed by atoms with Crippen LogP contribution in [-0.4, -0.2) is 22.5 Å². The van der Waals surface area contributed by atoms with Gasteiger partial charge in [-0.1, -0.05) is 32.0 Å². The summed E-state index contributed by atoms with van der Waals surface area (Å²) in [6.45, 7) is 3.84. The van der Waals surface area contributed by atoms with Crippen LogP contribution in [0.2, 0.25) is 0 Å². The molecule has 4 nitrogen and oxygen atoms in total. The van der Waals surface area contributed by atoms with E-state index >= 15 is 0 Å². The van der Waals surface area contributed by atoms with Crippen LogP contribution < -0.4 is 5.32 Å². The zero-order valence-electron chi connectivity index (χ0n) is 13.4. The summed E-state index contributed by atoms with van der Waals surface area (Å²) in [4.78, 5) is 23.4. The third kappa shape index (κ3) is 3.87. The molecule has 0 radical (unpaired) electrons. The number of carboxylic acid groups (broad SMARTS) is 1. The Morgan fingerprint density at radius 1 is 1.18 bits per heavy atom. The van der Waals surface area contributed by atoms with Gasteiger partial charge in [-0.2, -0.15) is 0 Å². The maximum Gasteiger partial charge on any atom is 0.305 e. The average molecular weight is 303 g/mol. The number of aryl methyl sites for hydroxylation is 2. The first kappa shape index (κ1) is 16.5. The minimum atomic E-state index is -0.874. The first-order valence-electron chi connectivity index (χ1n) is 8.11. The number of rotatable bonds is 7. The van der Waals surface area contributed by atoms with E-state index in [4.69, 9.17) is 5.11 Å². The smallest absolute Gasteiger partial charge is 0.305 e. The second-order valence-corrected chi connectivity index (χ2v) is 6.24. The van der Waals surface area contributed by atoms with E-state index in [0.29, 0.717) is 19.3 Å². The van der Waals surface area contributed by atoms with Crippen molar-refractivity contribution >= 4 is 11.9 Å². The fourth-order valence-corrected chi connectivity index (χ4v) is 3.27. The maximum absolute atomic E-state index is 12.3. The van der Waals surface area contributed by atoms with E-state index < -0.39 is 11.5 Å². The van der Waals surface area contributed by atoms with Crippen LogP contribution in [0, 0.1) is 0 Å². The third-order valence-corrected chi connectivity index (χ3v) is 4.78. The molecule has 0 atom stereocenters. The Bertz CT molecular complexity index is 561. The number of hydrogen-bond donors (Lipinski definition) is 2. The summed E-state index contributed by atoms with van der Waals surface area (Å²) in [5.41, 5.74) is 3.12. The van der Waals surface area contributed by atoms with Crippen molar-refractivity contribution in [1.82, 2.24) is 5.32 Å². The van der Waals surface area contributed by atoms with Gasteiger partial charge in [-0.05, 0) is 48.8 Å². The van der Waals surface area contributed by atoms with E-state index in [1.54, 1.807) is 0 Å². The van der Waals surface area contributed by atoms with E-state index in [0.717, 1.165) is 18.4 Å². The lowest BCUT2D eigenvalue weighted by Gasteiger charge is -2.31. The van der Waals surface area contributed by atoms with E-state index in [1.165, 1.54) is 17.5 Å². The van der Waals surface area contributed by atoms with Gasteiger partial charge in [0.05, 0.1) is 12.8 Å². The molecule has 0 aromatic heterocycles. The van der Waals surface area contributed by atoms with Gasteiger partial charge in [0.15, 0.2) is 0 Å². The average Bonchev–Trinajstić information content (AvgIpc) is 2.93. The van der Waals surface area contributed by atoms with Crippen molar-refractivity contribution in [3.63, 3.8) is 0 Å². The topological polar surface area (TPSA) is 66.4 Å². The normalized spacial score (nSPS) is 13.7. The highest BCUT2D eigenvalue weighted by Gasteiger charge is 2.30. The predicted octanol–water partition coefficient (Wildman–Crippen LogP) is 2.87. The molecule has 0 heterocycles. The molecule has 0 aliphatic heterocycles. The second-order valence-electron chi connectivity index (χ2n) is 6.24. The first-order chi connectivity index (χ1) is 10.5. The molecule has 1 aromatic rings. The molecule has 1 amide bonds. The van der Waals surface area contributed by atoms with E-state index in [1.807, 2.05) is 19.9 Å². The summed E-state index contributed by atoms with van der Waals surface area (Å²) in [7, 11) is 0. The number of aliphatic carboxylic acids is 1. The number of amides is 1. The van der Waals surface area contributed by atoms with Crippen LogP contribution in [0.4, 0.5) is 0 Å². The molecule has 0 saturated carbocycles. The molecule has 2 N–H and O–H groups in total. The van der Waals surface area contributed by atoms with Gasteiger partial charge in [-0.3, -0.25) is 9.59 Å². The summed E-state index contributed by atoms with van der Waals surface area (Å²) in [6, 6.07) is 6.26. The van der Waals surface area contributed by atoms with Crippen LogP contribution in [0.15, 0.2) is 18.2 Å². The molecule has 120 valence electrons. The fraction of sp³-hybridized carbons (Fsp3) is 0.556. The lowest BCUT2D eigenvalue weighted by Crippen LogP contribution is -2.49. The molecule has 0 fully saturated rings. The van der Waals surface area contributed by atoms with Gasteiger partial charge in [-0.25, -0.2) is 0 Å². The number of benzene rings is 1. The maximum atomic E-state index is 12.3. The molecule has 0 bridgehead atoms. The Kier molecular flexibility index (Phi) is 5.22. The molecule has 4 heteroatoms. The van der Waals surface area contributed by atoms with Crippen LogP contribution in [0.5, 0.6) is 0 Å². The summed E-state index contributed by atoms with van der Waals surface area (Å²) in [5.74, 6) is -0.968. The largest absolute Gasteiger partial charge is 0.481 e. The van der Waals surface area contributed by atoms with Crippen molar-refractivity contribution in [3.05, 3.63) is 34.9 Å². The van der Waals surface area contributed by atoms with Gasteiger partial charge >= 0.3 is 5.97 Å². The highest BCUT2D eigenvalue weighted by Crippen LogP contribution is 2.24. The van der Waals surface area contributed by atoms with Crippen molar-refractivity contribution in [2.75, 3.05) is 0 Å². The summed E-state index contributed by atoms with van der Waals surface area (Å²) >= 11 is 0. The Morgan fingerprint density at radius 3 is 2.50 bits per heavy atom. The first-order valence-corrected chi connectivity index (χ1v) is 8.11. The van der Waals surface area contributed by atoms with Crippen LogP contribution in [-0.2, 0) is 28.9 Å². The number of carbonyl (C=O) groups excluding carboxylic acids is 1. The molecule has 0 saturated heterocycles. The number of nitrogens with one attached hydrogen (secondary N) is 1. The Labute approximate surface area is 131 Å². The van der Waals surface area contributed by atoms with Crippen LogP contribution in [0.1, 0.15) is 56.2 Å². The van der Waals surface area contributed by atoms with Gasteiger partial charge in [0.2, 0.25) is 5.91 Å². The molecule has 1 aliphatic carbocycles. The van der Waals surface area contributed by atoms with Crippen molar-refractivity contribution in [1.29, 1.82) is 0 Å². The summed E-state index contributed by atoms with van der Waals surface area (Å²) in [6.07, 6.45) is 4.94. The fourth-order valence-electron chi connectivity index (χ4n) is 3.27. The molecule has 2 rings (SSSR count). The van der Waals surface area contributed by atoms with Crippen molar-refractivity contribution < 1.29 is 14.7 Å². The monoisotopic (exact) mass is 303 g/mol. The number of carboxylic acids is 1. The SMILES string of the molecule is CCC(CC)(CC(=O)O)NC(=O)Cc1ccc2c(c1)CCC2.